The van der Waals surface area contributed by atoms with Crippen molar-refractivity contribution >= 4 is 11.7 Å². The number of nitrogens with zero attached hydrogens (tertiary/aromatic N) is 1. The molecule has 0 bridgehead atoms. The number of benzene rings is 2. The second-order valence-electron chi connectivity index (χ2n) is 8.85. The molecule has 1 heterocycles. The highest BCUT2D eigenvalue weighted by Gasteiger charge is 2.46. The summed E-state index contributed by atoms with van der Waals surface area (Å²) in [5, 5.41) is 0. The van der Waals surface area contributed by atoms with Gasteiger partial charge in [-0.25, -0.2) is 0 Å². The first-order valence-corrected chi connectivity index (χ1v) is 10.4. The van der Waals surface area contributed by atoms with E-state index >= 15 is 0 Å². The molecule has 166 valence electrons. The molecule has 0 N–H and O–H groups in total. The van der Waals surface area contributed by atoms with Gasteiger partial charge in [0, 0.05) is 5.41 Å². The van der Waals surface area contributed by atoms with Gasteiger partial charge in [0.1, 0.15) is 11.5 Å². The van der Waals surface area contributed by atoms with E-state index in [0.29, 0.717) is 0 Å². The number of rotatable bonds is 8. The fraction of sp³-hybridized carbons (Fsp3) is 0.440. The number of methoxy groups -OCH3 is 2. The summed E-state index contributed by atoms with van der Waals surface area (Å²) in [6, 6.07) is 14.7. The molecule has 0 unspecified atom stereocenters. The summed E-state index contributed by atoms with van der Waals surface area (Å²) in [6.45, 7) is 7.46. The van der Waals surface area contributed by atoms with Crippen molar-refractivity contribution in [2.75, 3.05) is 20.8 Å². The molecule has 1 fully saturated rings. The summed E-state index contributed by atoms with van der Waals surface area (Å²) in [5.74, 6) is 1.25. The molecule has 3 rings (SSSR count). The molecule has 1 aliphatic rings. The van der Waals surface area contributed by atoms with E-state index in [4.69, 9.17) is 14.2 Å². The molecule has 2 aromatic carbocycles. The van der Waals surface area contributed by atoms with Crippen molar-refractivity contribution in [2.24, 2.45) is 5.41 Å². The molecule has 0 saturated carbocycles. The van der Waals surface area contributed by atoms with Crippen molar-refractivity contribution in [3.63, 3.8) is 0 Å². The number of carbonyl (C=O) groups excluding carboxylic acids is 2. The lowest BCUT2D eigenvalue weighted by Gasteiger charge is -2.34. The zero-order valence-corrected chi connectivity index (χ0v) is 19.0. The molecule has 2 atom stereocenters. The highest BCUT2D eigenvalue weighted by molar-refractivity contribution is 5.92. The highest BCUT2D eigenvalue weighted by atomic mass is 16.6. The van der Waals surface area contributed by atoms with Crippen LogP contribution in [-0.2, 0) is 14.3 Å². The Bertz CT molecular complexity index is 867. The number of carbonyl (C=O) groups is 2. The minimum atomic E-state index is -0.571. The van der Waals surface area contributed by atoms with E-state index in [1.165, 1.54) is 0 Å². The van der Waals surface area contributed by atoms with Crippen LogP contribution in [0.4, 0.5) is 0 Å². The summed E-state index contributed by atoms with van der Waals surface area (Å²) in [7, 11) is 3.22. The molecule has 1 amide bonds. The first-order valence-electron chi connectivity index (χ1n) is 10.4. The minimum Gasteiger partial charge on any atom is -0.497 e. The smallest absolute Gasteiger partial charge is 0.255 e. The summed E-state index contributed by atoms with van der Waals surface area (Å²) in [5.41, 5.74) is 1.20. The average Bonchev–Trinajstić information content (AvgIpc) is 3.49. The van der Waals surface area contributed by atoms with Crippen LogP contribution in [0.15, 0.2) is 48.5 Å². The van der Waals surface area contributed by atoms with E-state index in [2.05, 4.69) is 0 Å². The van der Waals surface area contributed by atoms with Gasteiger partial charge in [0.05, 0.1) is 32.9 Å². The van der Waals surface area contributed by atoms with Gasteiger partial charge >= 0.3 is 0 Å². The van der Waals surface area contributed by atoms with Crippen LogP contribution in [0.5, 0.6) is 11.5 Å². The molecule has 6 heteroatoms. The average molecular weight is 426 g/mol. The maximum atomic E-state index is 13.4. The lowest BCUT2D eigenvalue weighted by molar-refractivity contribution is -0.140. The van der Waals surface area contributed by atoms with Crippen LogP contribution in [0, 0.1) is 5.41 Å². The van der Waals surface area contributed by atoms with Gasteiger partial charge in [0.15, 0.2) is 11.9 Å². The Hall–Kier alpha value is -2.86. The summed E-state index contributed by atoms with van der Waals surface area (Å²) < 4.78 is 16.1. The van der Waals surface area contributed by atoms with Crippen molar-refractivity contribution in [1.82, 2.24) is 4.90 Å². The molecule has 6 nitrogen and oxygen atoms in total. The lowest BCUT2D eigenvalue weighted by Crippen LogP contribution is -2.44. The molecular formula is C25H31NO5. The van der Waals surface area contributed by atoms with Gasteiger partial charge in [-0.15, -0.1) is 0 Å². The highest BCUT2D eigenvalue weighted by Crippen LogP contribution is 2.35. The lowest BCUT2D eigenvalue weighted by atomic mass is 9.89. The Morgan fingerprint density at radius 3 is 1.68 bits per heavy atom. The second kappa shape index (κ2) is 9.10. The fourth-order valence-electron chi connectivity index (χ4n) is 3.42. The van der Waals surface area contributed by atoms with Crippen molar-refractivity contribution in [1.29, 1.82) is 0 Å². The maximum absolute atomic E-state index is 13.4. The van der Waals surface area contributed by atoms with Gasteiger partial charge in [0.25, 0.3) is 5.91 Å². The Morgan fingerprint density at radius 1 is 0.935 bits per heavy atom. The minimum absolute atomic E-state index is 0.00234. The zero-order valence-electron chi connectivity index (χ0n) is 19.0. The molecule has 31 heavy (non-hydrogen) atoms. The summed E-state index contributed by atoms with van der Waals surface area (Å²) >= 11 is 0. The molecular weight excluding hydrogens is 394 g/mol. The van der Waals surface area contributed by atoms with Crippen LogP contribution in [-0.4, -0.2) is 49.6 Å². The van der Waals surface area contributed by atoms with Gasteiger partial charge in [-0.3, -0.25) is 9.59 Å². The number of epoxide rings is 1. The van der Waals surface area contributed by atoms with Crippen LogP contribution in [0.2, 0.25) is 0 Å². The Balaban J connectivity index is 2.07. The third-order valence-corrected chi connectivity index (χ3v) is 5.56. The Morgan fingerprint density at radius 2 is 1.35 bits per heavy atom. The predicted molar refractivity (Wildman–Crippen MR) is 118 cm³/mol. The van der Waals surface area contributed by atoms with E-state index in [9.17, 15) is 9.59 Å². The van der Waals surface area contributed by atoms with Crippen molar-refractivity contribution in [2.45, 2.75) is 45.9 Å². The first-order chi connectivity index (χ1) is 14.7. The van der Waals surface area contributed by atoms with Crippen LogP contribution >= 0.6 is 0 Å². The molecule has 0 aliphatic carbocycles. The topological polar surface area (TPSA) is 68.4 Å². The molecule has 0 radical (unpaired) electrons. The van der Waals surface area contributed by atoms with E-state index in [-0.39, 0.29) is 24.3 Å². The van der Waals surface area contributed by atoms with E-state index in [1.54, 1.807) is 19.1 Å². The summed E-state index contributed by atoms with van der Waals surface area (Å²) in [4.78, 5) is 28.1. The molecule has 0 aromatic heterocycles. The molecule has 1 aliphatic heterocycles. The monoisotopic (exact) mass is 425 g/mol. The molecule has 1 saturated heterocycles. The van der Waals surface area contributed by atoms with Crippen LogP contribution < -0.4 is 9.47 Å². The van der Waals surface area contributed by atoms with Crippen molar-refractivity contribution < 1.29 is 23.8 Å². The van der Waals surface area contributed by atoms with Gasteiger partial charge in [-0.05, 0) is 42.3 Å². The number of Topliss-reactive ketones (excluding diaryl/α,β-unsaturated/α-hetero) is 1. The van der Waals surface area contributed by atoms with E-state index in [0.717, 1.165) is 22.6 Å². The second-order valence-corrected chi connectivity index (χ2v) is 8.85. The summed E-state index contributed by atoms with van der Waals surface area (Å²) in [6.07, 6.45) is -0.668. The predicted octanol–water partition coefficient (Wildman–Crippen LogP) is 4.02. The maximum Gasteiger partial charge on any atom is 0.255 e. The van der Waals surface area contributed by atoms with Crippen LogP contribution in [0.25, 0.3) is 0 Å². The van der Waals surface area contributed by atoms with Crippen molar-refractivity contribution in [3.8, 4) is 11.5 Å². The van der Waals surface area contributed by atoms with Gasteiger partial charge < -0.3 is 19.1 Å². The standard InChI is InChI=1S/C25H31NO5/c1-16-23(31-16)24(28)26(15-21(27)25(2,3)4)22(17-7-11-19(29-5)12-8-17)18-9-13-20(30-6)14-10-18/h7-14,16,22-23H,15H2,1-6H3/t16-,23-/m1/s1. The number of amides is 1. The molecule has 0 spiro atoms. The normalized spacial score (nSPS) is 17.9. The Kier molecular flexibility index (Phi) is 6.70. The molecule has 2 aromatic rings. The van der Waals surface area contributed by atoms with Gasteiger partial charge in [0.2, 0.25) is 0 Å². The van der Waals surface area contributed by atoms with Crippen LogP contribution in [0.1, 0.15) is 44.9 Å². The van der Waals surface area contributed by atoms with Crippen molar-refractivity contribution in [3.05, 3.63) is 59.7 Å². The number of hydrogen-bond acceptors (Lipinski definition) is 5. The SMILES string of the molecule is COc1ccc(C(c2ccc(OC)cc2)N(CC(=O)C(C)(C)C)C(=O)[C@@H]2O[C@@H]2C)cc1. The third-order valence-electron chi connectivity index (χ3n) is 5.56. The fourth-order valence-corrected chi connectivity index (χ4v) is 3.42. The van der Waals surface area contributed by atoms with Gasteiger partial charge in [-0.1, -0.05) is 45.0 Å². The quantitative estimate of drug-likeness (QED) is 0.598. The number of ether oxygens (including phenoxy) is 3. The van der Waals surface area contributed by atoms with Gasteiger partial charge in [-0.2, -0.15) is 0 Å². The number of ketones is 1. The zero-order chi connectivity index (χ0) is 22.8. The third kappa shape index (κ3) is 5.25. The number of hydrogen-bond donors (Lipinski definition) is 0. The first kappa shape index (κ1) is 22.8. The Labute approximate surface area is 184 Å². The van der Waals surface area contributed by atoms with Crippen LogP contribution in [0.3, 0.4) is 0 Å². The van der Waals surface area contributed by atoms with E-state index in [1.807, 2.05) is 76.2 Å². The largest absolute Gasteiger partial charge is 0.497 e. The van der Waals surface area contributed by atoms with E-state index < -0.39 is 17.6 Å².